The summed E-state index contributed by atoms with van der Waals surface area (Å²) < 4.78 is 9.92. The summed E-state index contributed by atoms with van der Waals surface area (Å²) in [5, 5.41) is 0. The van der Waals surface area contributed by atoms with E-state index in [0.717, 1.165) is 0 Å². The van der Waals surface area contributed by atoms with Crippen molar-refractivity contribution in [1.82, 2.24) is 0 Å². The molecule has 0 heterocycles. The van der Waals surface area contributed by atoms with Gasteiger partial charge in [-0.1, -0.05) is 0 Å². The first-order valence-corrected chi connectivity index (χ1v) is 5.73. The van der Waals surface area contributed by atoms with E-state index in [4.69, 9.17) is 32.7 Å². The van der Waals surface area contributed by atoms with Crippen LogP contribution in [-0.2, 0) is 4.79 Å². The molecule has 0 spiro atoms. The van der Waals surface area contributed by atoms with E-state index in [-0.39, 0.29) is 29.0 Å². The summed E-state index contributed by atoms with van der Waals surface area (Å²) in [7, 11) is 1.41. The van der Waals surface area contributed by atoms with Crippen molar-refractivity contribution in [2.24, 2.45) is 0 Å². The Morgan fingerprint density at radius 3 is 2.41 bits per heavy atom. The lowest BCUT2D eigenvalue weighted by Crippen LogP contribution is -2.10. The maximum atomic E-state index is 11.4. The average Bonchev–Trinajstić information content (AvgIpc) is 2.37. The molecule has 1 rings (SSSR count). The molecule has 92 valence electrons. The van der Waals surface area contributed by atoms with Gasteiger partial charge in [0.15, 0.2) is 17.3 Å². The number of methoxy groups -OCH3 is 1. The van der Waals surface area contributed by atoms with Crippen molar-refractivity contribution < 1.29 is 19.1 Å². The number of esters is 1. The molecule has 0 bridgehead atoms. The van der Waals surface area contributed by atoms with Crippen LogP contribution in [0.25, 0.3) is 0 Å². The lowest BCUT2D eigenvalue weighted by molar-refractivity contribution is -0.131. The summed E-state index contributed by atoms with van der Waals surface area (Å²) in [5.74, 6) is -0.722. The first-order chi connectivity index (χ1) is 8.12. The van der Waals surface area contributed by atoms with E-state index in [1.807, 2.05) is 0 Å². The fraction of sp³-hybridized carbons (Fsp3) is 0.273. The molecule has 0 N–H and O–H groups in total. The number of halogens is 2. The van der Waals surface area contributed by atoms with Crippen molar-refractivity contribution in [1.29, 1.82) is 0 Å². The third-order valence-electron chi connectivity index (χ3n) is 1.94. The SMILES string of the molecule is COc1cc(C(=O)CCl)ccc1OC(=O)CCl. The van der Waals surface area contributed by atoms with E-state index in [1.165, 1.54) is 25.3 Å². The molecule has 0 radical (unpaired) electrons. The van der Waals surface area contributed by atoms with Crippen LogP contribution in [0.4, 0.5) is 0 Å². The molecule has 17 heavy (non-hydrogen) atoms. The number of benzene rings is 1. The normalized spacial score (nSPS) is 9.82. The zero-order chi connectivity index (χ0) is 12.8. The van der Waals surface area contributed by atoms with Gasteiger partial charge in [-0.25, -0.2) is 0 Å². The molecule has 1 aromatic rings. The van der Waals surface area contributed by atoms with Crippen molar-refractivity contribution in [2.45, 2.75) is 0 Å². The summed E-state index contributed by atoms with van der Waals surface area (Å²) >= 11 is 10.8. The second-order valence-electron chi connectivity index (χ2n) is 3.03. The third kappa shape index (κ3) is 3.61. The monoisotopic (exact) mass is 276 g/mol. The Kier molecular flexibility index (Phi) is 5.25. The minimum atomic E-state index is -0.596. The predicted molar refractivity (Wildman–Crippen MR) is 64.4 cm³/mol. The van der Waals surface area contributed by atoms with Crippen molar-refractivity contribution in [3.63, 3.8) is 0 Å². The van der Waals surface area contributed by atoms with Crippen LogP contribution in [0.1, 0.15) is 10.4 Å². The Balaban J connectivity index is 3.01. The summed E-state index contributed by atoms with van der Waals surface area (Å²) in [6.07, 6.45) is 0. The molecular formula is C11H10Cl2O4. The Labute approximate surface area is 108 Å². The first-order valence-electron chi connectivity index (χ1n) is 4.66. The Hall–Kier alpha value is -1.26. The highest BCUT2D eigenvalue weighted by Gasteiger charge is 2.12. The van der Waals surface area contributed by atoms with Gasteiger partial charge in [0, 0.05) is 5.56 Å². The number of carbonyl (C=O) groups is 2. The van der Waals surface area contributed by atoms with Gasteiger partial charge in [0.05, 0.1) is 13.0 Å². The van der Waals surface area contributed by atoms with Gasteiger partial charge in [0.1, 0.15) is 5.88 Å². The summed E-state index contributed by atoms with van der Waals surface area (Å²) in [6.45, 7) is 0. The van der Waals surface area contributed by atoms with E-state index in [1.54, 1.807) is 0 Å². The maximum absolute atomic E-state index is 11.4. The third-order valence-corrected chi connectivity index (χ3v) is 2.40. The molecule has 0 amide bonds. The largest absolute Gasteiger partial charge is 0.493 e. The molecule has 0 saturated heterocycles. The molecule has 0 unspecified atom stereocenters. The van der Waals surface area contributed by atoms with Gasteiger partial charge in [-0.3, -0.25) is 9.59 Å². The zero-order valence-electron chi connectivity index (χ0n) is 9.04. The number of alkyl halides is 2. The highest BCUT2D eigenvalue weighted by atomic mass is 35.5. The van der Waals surface area contributed by atoms with E-state index < -0.39 is 5.97 Å². The summed E-state index contributed by atoms with van der Waals surface area (Å²) in [4.78, 5) is 22.4. The van der Waals surface area contributed by atoms with Crippen molar-refractivity contribution in [3.8, 4) is 11.5 Å². The average molecular weight is 277 g/mol. The zero-order valence-corrected chi connectivity index (χ0v) is 10.5. The minimum absolute atomic E-state index is 0.121. The van der Waals surface area contributed by atoms with Crippen molar-refractivity contribution in [3.05, 3.63) is 23.8 Å². The highest BCUT2D eigenvalue weighted by Crippen LogP contribution is 2.28. The topological polar surface area (TPSA) is 52.6 Å². The number of hydrogen-bond acceptors (Lipinski definition) is 4. The lowest BCUT2D eigenvalue weighted by atomic mass is 10.1. The number of carbonyl (C=O) groups excluding carboxylic acids is 2. The van der Waals surface area contributed by atoms with Crippen LogP contribution in [0, 0.1) is 0 Å². The van der Waals surface area contributed by atoms with Gasteiger partial charge in [0.25, 0.3) is 0 Å². The molecule has 0 fully saturated rings. The van der Waals surface area contributed by atoms with Gasteiger partial charge < -0.3 is 9.47 Å². The highest BCUT2D eigenvalue weighted by molar-refractivity contribution is 6.30. The van der Waals surface area contributed by atoms with E-state index >= 15 is 0 Å². The van der Waals surface area contributed by atoms with Gasteiger partial charge in [0.2, 0.25) is 0 Å². The molecule has 0 aromatic heterocycles. The Morgan fingerprint density at radius 2 is 1.88 bits per heavy atom. The van der Waals surface area contributed by atoms with Crippen LogP contribution in [0.3, 0.4) is 0 Å². The number of rotatable bonds is 5. The van der Waals surface area contributed by atoms with Gasteiger partial charge in [-0.05, 0) is 18.2 Å². The fourth-order valence-corrected chi connectivity index (χ4v) is 1.36. The van der Waals surface area contributed by atoms with Crippen LogP contribution in [0.5, 0.6) is 11.5 Å². The molecule has 6 heteroatoms. The number of hydrogen-bond donors (Lipinski definition) is 0. The summed E-state index contributed by atoms with van der Waals surface area (Å²) in [6, 6.07) is 4.43. The van der Waals surface area contributed by atoms with Crippen LogP contribution in [-0.4, -0.2) is 30.6 Å². The van der Waals surface area contributed by atoms with E-state index in [2.05, 4.69) is 0 Å². The smallest absolute Gasteiger partial charge is 0.326 e. The van der Waals surface area contributed by atoms with Gasteiger partial charge in [-0.15, -0.1) is 23.2 Å². The maximum Gasteiger partial charge on any atom is 0.326 e. The lowest BCUT2D eigenvalue weighted by Gasteiger charge is -2.09. The van der Waals surface area contributed by atoms with E-state index in [0.29, 0.717) is 5.56 Å². The standard InChI is InChI=1S/C11H10Cl2O4/c1-16-10-4-7(8(14)5-12)2-3-9(10)17-11(15)6-13/h2-4H,5-6H2,1H3. The van der Waals surface area contributed by atoms with Crippen LogP contribution < -0.4 is 9.47 Å². The molecule has 4 nitrogen and oxygen atoms in total. The number of ketones is 1. The van der Waals surface area contributed by atoms with Crippen molar-refractivity contribution in [2.75, 3.05) is 18.9 Å². The number of Topliss-reactive ketones (excluding diaryl/α,β-unsaturated/α-hetero) is 1. The first kappa shape index (κ1) is 13.8. The Bertz CT molecular complexity index is 431. The van der Waals surface area contributed by atoms with Crippen LogP contribution in [0.15, 0.2) is 18.2 Å². The quantitative estimate of drug-likeness (QED) is 0.358. The molecule has 0 aliphatic heterocycles. The van der Waals surface area contributed by atoms with Crippen molar-refractivity contribution >= 4 is 35.0 Å². The Morgan fingerprint density at radius 1 is 1.18 bits per heavy atom. The molecule has 0 aliphatic rings. The minimum Gasteiger partial charge on any atom is -0.493 e. The second-order valence-corrected chi connectivity index (χ2v) is 3.56. The van der Waals surface area contributed by atoms with E-state index in [9.17, 15) is 9.59 Å². The van der Waals surface area contributed by atoms with Gasteiger partial charge in [-0.2, -0.15) is 0 Å². The predicted octanol–water partition coefficient (Wildman–Crippen LogP) is 2.26. The summed E-state index contributed by atoms with van der Waals surface area (Å²) in [5.41, 5.74) is 0.391. The van der Waals surface area contributed by atoms with Crippen LogP contribution >= 0.6 is 23.2 Å². The molecule has 0 atom stereocenters. The van der Waals surface area contributed by atoms with Gasteiger partial charge >= 0.3 is 5.97 Å². The molecule has 1 aromatic carbocycles. The molecular weight excluding hydrogens is 267 g/mol. The second kappa shape index (κ2) is 6.47. The molecule has 0 saturated carbocycles. The van der Waals surface area contributed by atoms with Crippen LogP contribution in [0.2, 0.25) is 0 Å². The number of ether oxygens (including phenoxy) is 2. The fourth-order valence-electron chi connectivity index (χ4n) is 1.15. The molecule has 0 aliphatic carbocycles.